The highest BCUT2D eigenvalue weighted by molar-refractivity contribution is 5.94. The van der Waals surface area contributed by atoms with Crippen LogP contribution in [0.15, 0.2) is 67.0 Å². The molecule has 0 saturated carbocycles. The van der Waals surface area contributed by atoms with Crippen LogP contribution in [0.2, 0.25) is 0 Å². The van der Waals surface area contributed by atoms with Crippen molar-refractivity contribution in [2.45, 2.75) is 20.1 Å². The zero-order valence-electron chi connectivity index (χ0n) is 14.2. The van der Waals surface area contributed by atoms with E-state index in [0.717, 1.165) is 11.3 Å². The molecule has 26 heavy (non-hydrogen) atoms. The van der Waals surface area contributed by atoms with Gasteiger partial charge in [0.2, 0.25) is 0 Å². The van der Waals surface area contributed by atoms with Crippen molar-refractivity contribution in [3.8, 4) is 11.4 Å². The summed E-state index contributed by atoms with van der Waals surface area (Å²) in [5.74, 6) is -0.231. The van der Waals surface area contributed by atoms with Crippen LogP contribution in [0.25, 0.3) is 5.69 Å². The maximum atomic E-state index is 12.5. The molecule has 6 heteroatoms. The number of aromatic nitrogens is 1. The normalized spacial score (nSPS) is 10.8. The molecule has 1 aromatic heterocycles. The highest BCUT2D eigenvalue weighted by Gasteiger charge is 2.12. The summed E-state index contributed by atoms with van der Waals surface area (Å²) in [7, 11) is 0. The van der Waals surface area contributed by atoms with Gasteiger partial charge in [0.1, 0.15) is 5.75 Å². The number of hydrogen-bond acceptors (Lipinski definition) is 2. The van der Waals surface area contributed by atoms with E-state index in [1.54, 1.807) is 30.3 Å². The van der Waals surface area contributed by atoms with Gasteiger partial charge < -0.3 is 14.6 Å². The molecule has 0 bridgehead atoms. The maximum absolute atomic E-state index is 12.5. The van der Waals surface area contributed by atoms with Crippen molar-refractivity contribution >= 4 is 5.91 Å². The average molecular weight is 356 g/mol. The van der Waals surface area contributed by atoms with Crippen LogP contribution in [0, 0.1) is 6.92 Å². The Morgan fingerprint density at radius 1 is 1.12 bits per heavy atom. The van der Waals surface area contributed by atoms with Crippen LogP contribution in [0.5, 0.6) is 5.75 Å². The second kappa shape index (κ2) is 7.82. The van der Waals surface area contributed by atoms with E-state index in [9.17, 15) is 13.6 Å². The minimum Gasteiger partial charge on any atom is -0.434 e. The van der Waals surface area contributed by atoms with Crippen LogP contribution < -0.4 is 10.1 Å². The Kier molecular flexibility index (Phi) is 5.31. The summed E-state index contributed by atoms with van der Waals surface area (Å²) in [4.78, 5) is 12.5. The van der Waals surface area contributed by atoms with Gasteiger partial charge in [0.25, 0.3) is 5.91 Å². The molecule has 0 spiro atoms. The van der Waals surface area contributed by atoms with Crippen molar-refractivity contribution < 1.29 is 18.3 Å². The van der Waals surface area contributed by atoms with E-state index < -0.39 is 6.61 Å². The predicted molar refractivity (Wildman–Crippen MR) is 94.8 cm³/mol. The molecular formula is C20H18F2N2O2. The van der Waals surface area contributed by atoms with Crippen molar-refractivity contribution in [3.05, 3.63) is 83.7 Å². The third kappa shape index (κ3) is 4.08. The van der Waals surface area contributed by atoms with Gasteiger partial charge >= 0.3 is 6.61 Å². The first-order valence-electron chi connectivity index (χ1n) is 8.09. The molecule has 0 fully saturated rings. The number of alkyl halides is 2. The molecule has 0 atom stereocenters. The first-order chi connectivity index (χ1) is 12.5. The van der Waals surface area contributed by atoms with E-state index in [0.29, 0.717) is 11.1 Å². The Morgan fingerprint density at radius 2 is 1.85 bits per heavy atom. The van der Waals surface area contributed by atoms with E-state index >= 15 is 0 Å². The zero-order chi connectivity index (χ0) is 18.5. The number of halogens is 2. The number of carbonyl (C=O) groups excluding carboxylic acids is 1. The number of aryl methyl sites for hydroxylation is 1. The summed E-state index contributed by atoms with van der Waals surface area (Å²) < 4.78 is 31.3. The fourth-order valence-corrected chi connectivity index (χ4v) is 2.66. The molecule has 0 aliphatic rings. The Hall–Kier alpha value is -3.15. The lowest BCUT2D eigenvalue weighted by Gasteiger charge is -2.13. The molecule has 0 saturated heterocycles. The predicted octanol–water partition coefficient (Wildman–Crippen LogP) is 4.32. The number of nitrogens with zero attached hydrogens (tertiary/aromatic N) is 1. The second-order valence-corrected chi connectivity index (χ2v) is 5.76. The maximum Gasteiger partial charge on any atom is 0.387 e. The van der Waals surface area contributed by atoms with Crippen molar-refractivity contribution in [2.75, 3.05) is 0 Å². The Bertz CT molecular complexity index is 893. The molecule has 2 aromatic carbocycles. The van der Waals surface area contributed by atoms with Crippen molar-refractivity contribution in [3.63, 3.8) is 0 Å². The average Bonchev–Trinajstić information content (AvgIpc) is 3.15. The number of carbonyl (C=O) groups is 1. The largest absolute Gasteiger partial charge is 0.434 e. The van der Waals surface area contributed by atoms with Crippen LogP contribution in [0.3, 0.4) is 0 Å². The van der Waals surface area contributed by atoms with E-state index in [2.05, 4.69) is 10.1 Å². The van der Waals surface area contributed by atoms with Gasteiger partial charge in [-0.1, -0.05) is 24.3 Å². The van der Waals surface area contributed by atoms with E-state index in [4.69, 9.17) is 0 Å². The molecule has 4 nitrogen and oxygen atoms in total. The number of ether oxygens (including phenoxy) is 1. The van der Waals surface area contributed by atoms with Crippen LogP contribution in [-0.2, 0) is 6.54 Å². The Morgan fingerprint density at radius 3 is 2.58 bits per heavy atom. The summed E-state index contributed by atoms with van der Waals surface area (Å²) in [6, 6.07) is 15.6. The summed E-state index contributed by atoms with van der Waals surface area (Å²) in [5.41, 5.74) is 2.92. The smallest absolute Gasteiger partial charge is 0.387 e. The minimum absolute atomic E-state index is 0.0553. The molecule has 134 valence electrons. The third-order valence-electron chi connectivity index (χ3n) is 3.98. The fourth-order valence-electron chi connectivity index (χ4n) is 2.66. The molecule has 3 rings (SSSR count). The molecule has 1 N–H and O–H groups in total. The highest BCUT2D eigenvalue weighted by atomic mass is 19.3. The van der Waals surface area contributed by atoms with Crippen LogP contribution in [0.1, 0.15) is 21.5 Å². The first-order valence-corrected chi connectivity index (χ1v) is 8.09. The lowest BCUT2D eigenvalue weighted by Crippen LogP contribution is -2.23. The van der Waals surface area contributed by atoms with Crippen molar-refractivity contribution in [2.24, 2.45) is 0 Å². The van der Waals surface area contributed by atoms with Crippen LogP contribution in [0.4, 0.5) is 8.78 Å². The van der Waals surface area contributed by atoms with E-state index in [1.807, 2.05) is 42.1 Å². The fraction of sp³-hybridized carbons (Fsp3) is 0.150. The van der Waals surface area contributed by atoms with Gasteiger partial charge in [-0.15, -0.1) is 0 Å². The second-order valence-electron chi connectivity index (χ2n) is 5.76. The minimum atomic E-state index is -2.91. The van der Waals surface area contributed by atoms with E-state index in [1.165, 1.54) is 6.07 Å². The number of nitrogens with one attached hydrogen (secondary N) is 1. The SMILES string of the molecule is Cc1ccc(C(=O)NCc2ccccc2OC(F)F)cc1-n1cccc1. The van der Waals surface area contributed by atoms with Crippen LogP contribution >= 0.6 is 0 Å². The standard InChI is InChI=1S/C20H18F2N2O2/c1-14-8-9-15(12-17(14)24-10-4-5-11-24)19(25)23-13-16-6-2-3-7-18(16)26-20(21)22/h2-12,20H,13H2,1H3,(H,23,25). The van der Waals surface area contributed by atoms with Gasteiger partial charge in [-0.2, -0.15) is 8.78 Å². The summed E-state index contributed by atoms with van der Waals surface area (Å²) >= 11 is 0. The molecule has 3 aromatic rings. The molecular weight excluding hydrogens is 338 g/mol. The lowest BCUT2D eigenvalue weighted by molar-refractivity contribution is -0.0504. The molecule has 1 amide bonds. The number of benzene rings is 2. The first kappa shape index (κ1) is 17.7. The molecule has 0 radical (unpaired) electrons. The lowest BCUT2D eigenvalue weighted by atomic mass is 10.1. The van der Waals surface area contributed by atoms with Gasteiger partial charge in [0.15, 0.2) is 0 Å². The summed E-state index contributed by atoms with van der Waals surface area (Å²) in [6.07, 6.45) is 3.81. The Balaban J connectivity index is 1.75. The number of rotatable bonds is 6. The van der Waals surface area contributed by atoms with Crippen molar-refractivity contribution in [1.29, 1.82) is 0 Å². The quantitative estimate of drug-likeness (QED) is 0.715. The van der Waals surface area contributed by atoms with Gasteiger partial charge in [0.05, 0.1) is 0 Å². The van der Waals surface area contributed by atoms with Crippen molar-refractivity contribution in [1.82, 2.24) is 9.88 Å². The van der Waals surface area contributed by atoms with E-state index in [-0.39, 0.29) is 18.2 Å². The van der Waals surface area contributed by atoms with Gasteiger partial charge in [-0.25, -0.2) is 0 Å². The summed E-state index contributed by atoms with van der Waals surface area (Å²) in [6.45, 7) is -0.850. The Labute approximate surface area is 150 Å². The van der Waals surface area contributed by atoms with Gasteiger partial charge in [-0.05, 0) is 42.8 Å². The zero-order valence-corrected chi connectivity index (χ0v) is 14.2. The van der Waals surface area contributed by atoms with Crippen LogP contribution in [-0.4, -0.2) is 17.1 Å². The molecule has 0 unspecified atom stereocenters. The van der Waals surface area contributed by atoms with Gasteiger partial charge in [-0.3, -0.25) is 4.79 Å². The highest BCUT2D eigenvalue weighted by Crippen LogP contribution is 2.21. The molecule has 1 heterocycles. The number of hydrogen-bond donors (Lipinski definition) is 1. The summed E-state index contributed by atoms with van der Waals surface area (Å²) in [5, 5.41) is 2.75. The van der Waals surface area contributed by atoms with Gasteiger partial charge in [0, 0.05) is 35.8 Å². The number of para-hydroxylation sites is 1. The molecule has 0 aliphatic carbocycles. The monoisotopic (exact) mass is 356 g/mol. The number of amides is 1. The molecule has 0 aliphatic heterocycles. The third-order valence-corrected chi connectivity index (χ3v) is 3.98. The topological polar surface area (TPSA) is 43.3 Å².